The summed E-state index contributed by atoms with van der Waals surface area (Å²) in [7, 11) is 0. The first-order chi connectivity index (χ1) is 6.20. The summed E-state index contributed by atoms with van der Waals surface area (Å²) in [5.41, 5.74) is 2.78. The maximum atomic E-state index is 9.41. The Labute approximate surface area is 79.4 Å². The van der Waals surface area contributed by atoms with Gasteiger partial charge >= 0.3 is 0 Å². The molecule has 0 amide bonds. The van der Waals surface area contributed by atoms with Crippen molar-refractivity contribution in [3.05, 3.63) is 35.4 Å². The Morgan fingerprint density at radius 2 is 2.08 bits per heavy atom. The Hall–Kier alpha value is -0.820. The van der Waals surface area contributed by atoms with Crippen LogP contribution in [0.1, 0.15) is 30.4 Å². The molecule has 0 spiro atoms. The molecule has 0 bridgehead atoms. The molecule has 0 aliphatic heterocycles. The lowest BCUT2D eigenvalue weighted by atomic mass is 10.0. The van der Waals surface area contributed by atoms with Gasteiger partial charge in [-0.1, -0.05) is 24.3 Å². The van der Waals surface area contributed by atoms with Crippen molar-refractivity contribution in [1.82, 2.24) is 0 Å². The molecule has 1 N–H and O–H groups in total. The molecule has 0 unspecified atom stereocenters. The van der Waals surface area contributed by atoms with Crippen molar-refractivity contribution in [3.8, 4) is 0 Å². The summed E-state index contributed by atoms with van der Waals surface area (Å²) in [5, 5.41) is 9.41. The van der Waals surface area contributed by atoms with Gasteiger partial charge in [0.1, 0.15) is 0 Å². The fourth-order valence-corrected chi connectivity index (χ4v) is 2.11. The first-order valence-electron chi connectivity index (χ1n) is 4.93. The number of aliphatic hydroxyl groups excluding tert-OH is 1. The second-order valence-electron chi connectivity index (χ2n) is 4.10. The van der Waals surface area contributed by atoms with Gasteiger partial charge in [0.05, 0.1) is 6.10 Å². The number of rotatable bonds is 2. The highest BCUT2D eigenvalue weighted by atomic mass is 16.3. The molecule has 1 heteroatoms. The van der Waals surface area contributed by atoms with Crippen LogP contribution in [0.15, 0.2) is 24.3 Å². The summed E-state index contributed by atoms with van der Waals surface area (Å²) in [4.78, 5) is 0. The normalized spacial score (nSPS) is 28.5. The molecule has 1 aliphatic rings. The minimum atomic E-state index is -0.149. The van der Waals surface area contributed by atoms with E-state index in [1.807, 2.05) is 6.92 Å². The van der Waals surface area contributed by atoms with Crippen molar-refractivity contribution < 1.29 is 5.11 Å². The van der Waals surface area contributed by atoms with Crippen LogP contribution in [-0.4, -0.2) is 11.2 Å². The SMILES string of the molecule is Cc1ccccc1[C@H]1C[C@@H]1[C@@H](C)O. The smallest absolute Gasteiger partial charge is 0.0546 e. The van der Waals surface area contributed by atoms with Crippen molar-refractivity contribution in [2.45, 2.75) is 32.3 Å². The van der Waals surface area contributed by atoms with Crippen LogP contribution in [-0.2, 0) is 0 Å². The Bertz CT molecular complexity index is 304. The van der Waals surface area contributed by atoms with Crippen LogP contribution >= 0.6 is 0 Å². The number of aliphatic hydroxyl groups is 1. The van der Waals surface area contributed by atoms with Crippen LogP contribution in [0.5, 0.6) is 0 Å². The topological polar surface area (TPSA) is 20.2 Å². The third-order valence-electron chi connectivity index (χ3n) is 3.05. The molecule has 1 nitrogen and oxygen atoms in total. The second kappa shape index (κ2) is 3.15. The fraction of sp³-hybridized carbons (Fsp3) is 0.500. The molecule has 0 saturated heterocycles. The van der Waals surface area contributed by atoms with Crippen LogP contribution in [0, 0.1) is 12.8 Å². The highest BCUT2D eigenvalue weighted by Crippen LogP contribution is 2.50. The van der Waals surface area contributed by atoms with Crippen LogP contribution in [0.3, 0.4) is 0 Å². The van der Waals surface area contributed by atoms with Crippen LogP contribution in [0.2, 0.25) is 0 Å². The fourth-order valence-electron chi connectivity index (χ4n) is 2.11. The molecule has 2 rings (SSSR count). The van der Waals surface area contributed by atoms with Crippen molar-refractivity contribution in [2.75, 3.05) is 0 Å². The largest absolute Gasteiger partial charge is 0.393 e. The van der Waals surface area contributed by atoms with Crippen molar-refractivity contribution >= 4 is 0 Å². The lowest BCUT2D eigenvalue weighted by Gasteiger charge is -2.05. The lowest BCUT2D eigenvalue weighted by Crippen LogP contribution is -2.03. The summed E-state index contributed by atoms with van der Waals surface area (Å²) < 4.78 is 0. The Morgan fingerprint density at radius 1 is 1.38 bits per heavy atom. The maximum absolute atomic E-state index is 9.41. The average molecular weight is 176 g/mol. The number of benzene rings is 1. The first kappa shape index (κ1) is 8.76. The zero-order valence-electron chi connectivity index (χ0n) is 8.20. The summed E-state index contributed by atoms with van der Waals surface area (Å²) in [6.07, 6.45) is 1.01. The third kappa shape index (κ3) is 1.61. The van der Waals surface area contributed by atoms with E-state index in [4.69, 9.17) is 0 Å². The van der Waals surface area contributed by atoms with Crippen LogP contribution in [0.4, 0.5) is 0 Å². The van der Waals surface area contributed by atoms with E-state index in [9.17, 15) is 5.11 Å². The van der Waals surface area contributed by atoms with Crippen LogP contribution < -0.4 is 0 Å². The summed E-state index contributed by atoms with van der Waals surface area (Å²) >= 11 is 0. The average Bonchev–Trinajstić information content (AvgIpc) is 2.84. The zero-order chi connectivity index (χ0) is 9.42. The van der Waals surface area contributed by atoms with Crippen molar-refractivity contribution in [1.29, 1.82) is 0 Å². The van der Waals surface area contributed by atoms with Gasteiger partial charge in [-0.05, 0) is 43.2 Å². The van der Waals surface area contributed by atoms with Crippen molar-refractivity contribution in [2.24, 2.45) is 5.92 Å². The van der Waals surface area contributed by atoms with E-state index in [0.717, 1.165) is 6.42 Å². The molecule has 1 fully saturated rings. The molecule has 1 aliphatic carbocycles. The van der Waals surface area contributed by atoms with Gasteiger partial charge in [0, 0.05) is 0 Å². The summed E-state index contributed by atoms with van der Waals surface area (Å²) in [6.45, 7) is 4.04. The quantitative estimate of drug-likeness (QED) is 0.734. The second-order valence-corrected chi connectivity index (χ2v) is 4.10. The molecule has 1 saturated carbocycles. The monoisotopic (exact) mass is 176 g/mol. The van der Waals surface area contributed by atoms with E-state index in [-0.39, 0.29) is 6.10 Å². The van der Waals surface area contributed by atoms with E-state index in [2.05, 4.69) is 31.2 Å². The van der Waals surface area contributed by atoms with Gasteiger partial charge in [-0.2, -0.15) is 0 Å². The molecule has 0 radical (unpaired) electrons. The Kier molecular flexibility index (Phi) is 2.12. The van der Waals surface area contributed by atoms with Gasteiger partial charge < -0.3 is 5.11 Å². The Balaban J connectivity index is 2.16. The van der Waals surface area contributed by atoms with Gasteiger partial charge in [0.2, 0.25) is 0 Å². The van der Waals surface area contributed by atoms with Gasteiger partial charge in [0.25, 0.3) is 0 Å². The number of hydrogen-bond donors (Lipinski definition) is 1. The predicted octanol–water partition coefficient (Wildman–Crippen LogP) is 2.48. The molecule has 13 heavy (non-hydrogen) atoms. The van der Waals surface area contributed by atoms with Gasteiger partial charge in [-0.25, -0.2) is 0 Å². The highest BCUT2D eigenvalue weighted by molar-refractivity contribution is 5.33. The zero-order valence-corrected chi connectivity index (χ0v) is 8.20. The van der Waals surface area contributed by atoms with E-state index >= 15 is 0 Å². The van der Waals surface area contributed by atoms with E-state index in [1.165, 1.54) is 11.1 Å². The molecule has 3 atom stereocenters. The summed E-state index contributed by atoms with van der Waals surface area (Å²) in [6, 6.07) is 8.48. The molecule has 1 aromatic rings. The minimum Gasteiger partial charge on any atom is -0.393 e. The van der Waals surface area contributed by atoms with Crippen LogP contribution in [0.25, 0.3) is 0 Å². The van der Waals surface area contributed by atoms with Gasteiger partial charge in [-0.15, -0.1) is 0 Å². The molecule has 0 heterocycles. The number of aryl methyl sites for hydroxylation is 1. The van der Waals surface area contributed by atoms with E-state index in [0.29, 0.717) is 11.8 Å². The minimum absolute atomic E-state index is 0.149. The van der Waals surface area contributed by atoms with E-state index < -0.39 is 0 Å². The van der Waals surface area contributed by atoms with Crippen molar-refractivity contribution in [3.63, 3.8) is 0 Å². The predicted molar refractivity (Wildman–Crippen MR) is 53.7 cm³/mol. The van der Waals surface area contributed by atoms with Gasteiger partial charge in [0.15, 0.2) is 0 Å². The van der Waals surface area contributed by atoms with Gasteiger partial charge in [-0.3, -0.25) is 0 Å². The molecular formula is C12H16O. The maximum Gasteiger partial charge on any atom is 0.0546 e. The molecule has 0 aromatic heterocycles. The highest BCUT2D eigenvalue weighted by Gasteiger charge is 2.41. The first-order valence-corrected chi connectivity index (χ1v) is 4.93. The molecule has 70 valence electrons. The number of hydrogen-bond acceptors (Lipinski definition) is 1. The summed E-state index contributed by atoms with van der Waals surface area (Å²) in [5.74, 6) is 1.11. The third-order valence-corrected chi connectivity index (χ3v) is 3.05. The standard InChI is InChI=1S/C12H16O/c1-8-5-3-4-6-10(8)12-7-11(12)9(2)13/h3-6,9,11-13H,7H2,1-2H3/t9-,11-,12-/m1/s1. The van der Waals surface area contributed by atoms with E-state index in [1.54, 1.807) is 0 Å². The Morgan fingerprint density at radius 3 is 2.62 bits per heavy atom. The molecular weight excluding hydrogens is 160 g/mol. The molecule has 1 aromatic carbocycles. The lowest BCUT2D eigenvalue weighted by molar-refractivity contribution is 0.169.